The van der Waals surface area contributed by atoms with Crippen molar-refractivity contribution in [1.82, 2.24) is 24.3 Å². The molecule has 3 aliphatic rings. The molecule has 2 atom stereocenters. The fourth-order valence-corrected chi connectivity index (χ4v) is 5.52. The van der Waals surface area contributed by atoms with Crippen LogP contribution in [0.5, 0.6) is 0 Å². The van der Waals surface area contributed by atoms with Gasteiger partial charge in [-0.1, -0.05) is 0 Å². The first-order chi connectivity index (χ1) is 15.5. The zero-order chi connectivity index (χ0) is 22.2. The maximum absolute atomic E-state index is 13.2. The van der Waals surface area contributed by atoms with Crippen LogP contribution in [-0.4, -0.2) is 68.4 Å². The van der Waals surface area contributed by atoms with Gasteiger partial charge < -0.3 is 14.8 Å². The quantitative estimate of drug-likeness (QED) is 0.779. The fourth-order valence-electron chi connectivity index (χ4n) is 5.52. The number of hydrogen-bond donors (Lipinski definition) is 1. The van der Waals surface area contributed by atoms with Gasteiger partial charge in [-0.2, -0.15) is 0 Å². The summed E-state index contributed by atoms with van der Waals surface area (Å²) in [5.74, 6) is 0.450. The second-order valence-corrected chi connectivity index (χ2v) is 9.12. The van der Waals surface area contributed by atoms with Crippen LogP contribution < -0.4 is 10.9 Å². The molecule has 5 heterocycles. The highest BCUT2D eigenvalue weighted by molar-refractivity contribution is 6.02. The molecule has 2 saturated heterocycles. The van der Waals surface area contributed by atoms with E-state index >= 15 is 0 Å². The van der Waals surface area contributed by atoms with E-state index in [1.54, 1.807) is 13.0 Å². The Bertz CT molecular complexity index is 1080. The lowest BCUT2D eigenvalue weighted by atomic mass is 9.82. The highest BCUT2D eigenvalue weighted by Crippen LogP contribution is 2.37. The monoisotopic (exact) mass is 436 g/mol. The molecule has 2 unspecified atom stereocenters. The summed E-state index contributed by atoms with van der Waals surface area (Å²) in [5.41, 5.74) is 1.35. The Kier molecular flexibility index (Phi) is 5.50. The lowest BCUT2D eigenvalue weighted by molar-refractivity contribution is -0.130. The number of fused-ring (bicyclic) bond motifs is 4. The van der Waals surface area contributed by atoms with E-state index in [9.17, 15) is 14.4 Å². The van der Waals surface area contributed by atoms with E-state index in [4.69, 9.17) is 0 Å². The lowest BCUT2D eigenvalue weighted by Crippen LogP contribution is -2.53. The number of likely N-dealkylation sites (tertiary alicyclic amines) is 2. The third-order valence-electron chi connectivity index (χ3n) is 7.10. The van der Waals surface area contributed by atoms with E-state index in [0.717, 1.165) is 51.1 Å². The van der Waals surface area contributed by atoms with Crippen LogP contribution in [0.2, 0.25) is 0 Å². The minimum atomic E-state index is -0.435. The Labute approximate surface area is 186 Å². The van der Waals surface area contributed by atoms with Gasteiger partial charge in [-0.25, -0.2) is 4.98 Å². The zero-order valence-electron chi connectivity index (χ0n) is 18.2. The molecule has 0 spiro atoms. The minimum Gasteiger partial charge on any atom is -0.343 e. The highest BCUT2D eigenvalue weighted by Gasteiger charge is 2.38. The van der Waals surface area contributed by atoms with E-state index < -0.39 is 5.91 Å². The average Bonchev–Trinajstić information content (AvgIpc) is 2.81. The molecular weight excluding hydrogens is 408 g/mol. The number of anilines is 1. The molecule has 2 bridgehead atoms. The minimum absolute atomic E-state index is 0.155. The summed E-state index contributed by atoms with van der Waals surface area (Å²) in [6, 6.07) is 4.20. The Balaban J connectivity index is 1.31. The van der Waals surface area contributed by atoms with Crippen molar-refractivity contribution in [3.63, 3.8) is 0 Å². The van der Waals surface area contributed by atoms with Crippen molar-refractivity contribution in [2.75, 3.05) is 31.5 Å². The van der Waals surface area contributed by atoms with Crippen molar-refractivity contribution in [1.29, 1.82) is 0 Å². The Morgan fingerprint density at radius 2 is 1.91 bits per heavy atom. The molecule has 0 radical (unpaired) electrons. The first kappa shape index (κ1) is 20.8. The summed E-state index contributed by atoms with van der Waals surface area (Å²) in [6.45, 7) is 5.88. The van der Waals surface area contributed by atoms with E-state index in [2.05, 4.69) is 20.2 Å². The number of rotatable bonds is 3. The summed E-state index contributed by atoms with van der Waals surface area (Å²) < 4.78 is 1.85. The predicted octanol–water partition coefficient (Wildman–Crippen LogP) is 1.32. The van der Waals surface area contributed by atoms with Gasteiger partial charge in [0.1, 0.15) is 11.4 Å². The molecule has 2 aromatic rings. The first-order valence-corrected chi connectivity index (χ1v) is 11.3. The summed E-state index contributed by atoms with van der Waals surface area (Å²) in [7, 11) is 0. The number of carbonyl (C=O) groups is 2. The standard InChI is InChI=1S/C23H28N6O3/c1-15(30)27-8-4-18(5-9-27)28-12-16-10-17(14-28)21-3-2-19(23(32)29(21)13-16)26-22(31)20-11-24-6-7-25-20/h2-3,6-7,11,16-18H,4-5,8-10,12-14H2,1H3,(H,26,31). The molecule has 1 N–H and O–H groups in total. The van der Waals surface area contributed by atoms with Crippen molar-refractivity contribution in [2.45, 2.75) is 44.7 Å². The smallest absolute Gasteiger partial charge is 0.276 e. The van der Waals surface area contributed by atoms with Crippen LogP contribution in [-0.2, 0) is 11.3 Å². The van der Waals surface area contributed by atoms with Crippen LogP contribution in [0.1, 0.15) is 48.3 Å². The van der Waals surface area contributed by atoms with E-state index in [0.29, 0.717) is 24.4 Å². The third kappa shape index (κ3) is 3.92. The molecule has 9 heteroatoms. The topological polar surface area (TPSA) is 100 Å². The second-order valence-electron chi connectivity index (χ2n) is 9.12. The molecule has 3 aliphatic heterocycles. The van der Waals surface area contributed by atoms with Crippen molar-refractivity contribution in [3.05, 3.63) is 52.5 Å². The van der Waals surface area contributed by atoms with Crippen LogP contribution in [0, 0.1) is 5.92 Å². The van der Waals surface area contributed by atoms with Gasteiger partial charge in [-0.3, -0.25) is 24.3 Å². The molecule has 168 valence electrons. The number of amides is 2. The van der Waals surface area contributed by atoms with Crippen LogP contribution in [0.4, 0.5) is 5.69 Å². The van der Waals surface area contributed by atoms with Gasteiger partial charge in [0.15, 0.2) is 0 Å². The van der Waals surface area contributed by atoms with Crippen LogP contribution in [0.3, 0.4) is 0 Å². The predicted molar refractivity (Wildman–Crippen MR) is 118 cm³/mol. The molecule has 0 aliphatic carbocycles. The van der Waals surface area contributed by atoms with E-state index in [1.807, 2.05) is 15.5 Å². The van der Waals surface area contributed by atoms with E-state index in [1.165, 1.54) is 18.6 Å². The summed E-state index contributed by atoms with van der Waals surface area (Å²) in [5, 5.41) is 2.70. The maximum Gasteiger partial charge on any atom is 0.276 e. The van der Waals surface area contributed by atoms with Gasteiger partial charge in [0.25, 0.3) is 11.5 Å². The molecule has 2 amide bonds. The Morgan fingerprint density at radius 3 is 2.62 bits per heavy atom. The van der Waals surface area contributed by atoms with Crippen LogP contribution >= 0.6 is 0 Å². The molecule has 0 saturated carbocycles. The molecule has 2 fully saturated rings. The maximum atomic E-state index is 13.2. The number of carbonyl (C=O) groups excluding carboxylic acids is 2. The molecule has 5 rings (SSSR count). The average molecular weight is 437 g/mol. The van der Waals surface area contributed by atoms with Gasteiger partial charge >= 0.3 is 0 Å². The SMILES string of the molecule is CC(=O)N1CCC(N2CC3CC(C2)c2ccc(NC(=O)c4cnccn4)c(=O)n2C3)CC1. The normalized spacial score (nSPS) is 23.5. The van der Waals surface area contributed by atoms with Gasteiger partial charge in [0, 0.05) is 69.7 Å². The van der Waals surface area contributed by atoms with E-state index in [-0.39, 0.29) is 22.8 Å². The molecular formula is C23H28N6O3. The zero-order valence-corrected chi connectivity index (χ0v) is 18.2. The van der Waals surface area contributed by atoms with Crippen molar-refractivity contribution in [3.8, 4) is 0 Å². The van der Waals surface area contributed by atoms with Crippen LogP contribution in [0.15, 0.2) is 35.5 Å². The van der Waals surface area contributed by atoms with Gasteiger partial charge in [0.2, 0.25) is 5.91 Å². The molecule has 0 aromatic carbocycles. The number of hydrogen-bond acceptors (Lipinski definition) is 6. The van der Waals surface area contributed by atoms with Crippen molar-refractivity contribution >= 4 is 17.5 Å². The van der Waals surface area contributed by atoms with Crippen LogP contribution in [0.25, 0.3) is 0 Å². The first-order valence-electron chi connectivity index (χ1n) is 11.3. The lowest BCUT2D eigenvalue weighted by Gasteiger charge is -2.47. The fraction of sp³-hybridized carbons (Fsp3) is 0.522. The Hall–Kier alpha value is -3.07. The number of aromatic nitrogens is 3. The van der Waals surface area contributed by atoms with Gasteiger partial charge in [-0.05, 0) is 37.3 Å². The largest absolute Gasteiger partial charge is 0.343 e. The number of nitrogens with one attached hydrogen (secondary N) is 1. The van der Waals surface area contributed by atoms with Crippen molar-refractivity contribution < 1.29 is 9.59 Å². The molecule has 9 nitrogen and oxygen atoms in total. The second kappa shape index (κ2) is 8.46. The number of piperidine rings is 2. The molecule has 2 aromatic heterocycles. The van der Waals surface area contributed by atoms with Crippen molar-refractivity contribution in [2.24, 2.45) is 5.92 Å². The summed E-state index contributed by atoms with van der Waals surface area (Å²) in [4.78, 5) is 49.6. The third-order valence-corrected chi connectivity index (χ3v) is 7.10. The van der Waals surface area contributed by atoms with Gasteiger partial charge in [0.05, 0.1) is 6.20 Å². The Morgan fingerprint density at radius 1 is 1.09 bits per heavy atom. The summed E-state index contributed by atoms with van der Waals surface area (Å²) >= 11 is 0. The molecule has 32 heavy (non-hydrogen) atoms. The number of pyridine rings is 1. The van der Waals surface area contributed by atoms with Gasteiger partial charge in [-0.15, -0.1) is 0 Å². The highest BCUT2D eigenvalue weighted by atomic mass is 16.2. The number of nitrogens with zero attached hydrogens (tertiary/aromatic N) is 5. The summed E-state index contributed by atoms with van der Waals surface area (Å²) in [6.07, 6.45) is 7.45.